The van der Waals surface area contributed by atoms with Crippen LogP contribution in [-0.2, 0) is 11.3 Å². The van der Waals surface area contributed by atoms with Crippen molar-refractivity contribution in [1.29, 1.82) is 0 Å². The van der Waals surface area contributed by atoms with Crippen LogP contribution < -0.4 is 15.2 Å². The summed E-state index contributed by atoms with van der Waals surface area (Å²) in [5, 5.41) is 0. The quantitative estimate of drug-likeness (QED) is 0.888. The molecule has 1 saturated carbocycles. The molecule has 1 aromatic rings. The average molecular weight is 262 g/mol. The first-order chi connectivity index (χ1) is 8.99. The van der Waals surface area contributed by atoms with Crippen molar-refractivity contribution in [2.75, 3.05) is 13.8 Å². The Kier molecular flexibility index (Phi) is 2.67. The molecule has 1 amide bonds. The number of ether oxygens (including phenoxy) is 2. The maximum Gasteiger partial charge on any atom is 0.242 e. The number of hydrogen-bond donors (Lipinski definition) is 1. The van der Waals surface area contributed by atoms with Crippen LogP contribution in [0.2, 0.25) is 0 Å². The van der Waals surface area contributed by atoms with Gasteiger partial charge in [0.1, 0.15) is 0 Å². The van der Waals surface area contributed by atoms with Crippen LogP contribution in [0, 0.1) is 6.92 Å². The number of nitrogens with zero attached hydrogens (tertiary/aromatic N) is 1. The lowest BCUT2D eigenvalue weighted by atomic mass is 10.1. The molecule has 3 rings (SSSR count). The number of carbonyl (C=O) groups excluding carboxylic acids is 1. The van der Waals surface area contributed by atoms with E-state index >= 15 is 0 Å². The van der Waals surface area contributed by atoms with Crippen LogP contribution in [0.3, 0.4) is 0 Å². The van der Waals surface area contributed by atoms with E-state index in [1.165, 1.54) is 0 Å². The highest BCUT2D eigenvalue weighted by atomic mass is 16.7. The minimum absolute atomic E-state index is 0.0181. The van der Waals surface area contributed by atoms with Crippen molar-refractivity contribution in [3.63, 3.8) is 0 Å². The van der Waals surface area contributed by atoms with E-state index in [4.69, 9.17) is 15.2 Å². The Hall–Kier alpha value is -1.75. The van der Waals surface area contributed by atoms with Crippen LogP contribution >= 0.6 is 0 Å². The fourth-order valence-corrected chi connectivity index (χ4v) is 2.31. The Labute approximate surface area is 112 Å². The van der Waals surface area contributed by atoms with Crippen molar-refractivity contribution in [3.8, 4) is 11.5 Å². The zero-order chi connectivity index (χ0) is 13.6. The number of hydrogen-bond acceptors (Lipinski definition) is 4. The largest absolute Gasteiger partial charge is 0.454 e. The summed E-state index contributed by atoms with van der Waals surface area (Å²) < 4.78 is 10.7. The van der Waals surface area contributed by atoms with Crippen molar-refractivity contribution < 1.29 is 14.3 Å². The fraction of sp³-hybridized carbons (Fsp3) is 0.500. The number of amides is 1. The second-order valence-electron chi connectivity index (χ2n) is 5.45. The molecule has 19 heavy (non-hydrogen) atoms. The van der Waals surface area contributed by atoms with Crippen molar-refractivity contribution in [3.05, 3.63) is 23.3 Å². The Morgan fingerprint density at radius 1 is 1.37 bits per heavy atom. The molecule has 2 N–H and O–H groups in total. The smallest absolute Gasteiger partial charge is 0.242 e. The molecule has 1 aliphatic carbocycles. The van der Waals surface area contributed by atoms with Gasteiger partial charge in [0.05, 0.1) is 5.54 Å². The normalized spacial score (nSPS) is 18.3. The number of nitrogens with two attached hydrogens (primary N) is 1. The van der Waals surface area contributed by atoms with E-state index in [0.717, 1.165) is 35.5 Å². The molecule has 102 valence electrons. The molecule has 1 fully saturated rings. The van der Waals surface area contributed by atoms with E-state index in [0.29, 0.717) is 6.54 Å². The van der Waals surface area contributed by atoms with Crippen molar-refractivity contribution in [1.82, 2.24) is 4.90 Å². The molecule has 1 aliphatic heterocycles. The first-order valence-electron chi connectivity index (χ1n) is 6.43. The van der Waals surface area contributed by atoms with Crippen LogP contribution in [0.1, 0.15) is 24.0 Å². The van der Waals surface area contributed by atoms with E-state index in [1.54, 1.807) is 11.9 Å². The molecule has 1 heterocycles. The second kappa shape index (κ2) is 4.13. The van der Waals surface area contributed by atoms with Gasteiger partial charge in [0.15, 0.2) is 11.5 Å². The van der Waals surface area contributed by atoms with E-state index in [9.17, 15) is 4.79 Å². The number of aryl methyl sites for hydroxylation is 1. The van der Waals surface area contributed by atoms with E-state index < -0.39 is 5.54 Å². The fourth-order valence-electron chi connectivity index (χ4n) is 2.31. The molecule has 0 aromatic heterocycles. The number of benzene rings is 1. The summed E-state index contributed by atoms with van der Waals surface area (Å²) in [5.41, 5.74) is 7.47. The third-order valence-corrected chi connectivity index (χ3v) is 3.80. The van der Waals surface area contributed by atoms with Crippen LogP contribution in [0.15, 0.2) is 12.1 Å². The molecule has 0 bridgehead atoms. The van der Waals surface area contributed by atoms with Crippen molar-refractivity contribution in [2.45, 2.75) is 31.8 Å². The minimum atomic E-state index is -0.612. The first-order valence-corrected chi connectivity index (χ1v) is 6.43. The second-order valence-corrected chi connectivity index (χ2v) is 5.45. The van der Waals surface area contributed by atoms with E-state index in [1.807, 2.05) is 19.1 Å². The molecular weight excluding hydrogens is 244 g/mol. The maximum absolute atomic E-state index is 12.1. The molecule has 2 aliphatic rings. The highest BCUT2D eigenvalue weighted by molar-refractivity contribution is 5.88. The number of carbonyl (C=O) groups is 1. The molecule has 0 radical (unpaired) electrons. The topological polar surface area (TPSA) is 64.8 Å². The summed E-state index contributed by atoms with van der Waals surface area (Å²) >= 11 is 0. The van der Waals surface area contributed by atoms with Gasteiger partial charge >= 0.3 is 0 Å². The van der Waals surface area contributed by atoms with Crippen LogP contribution in [0.25, 0.3) is 0 Å². The van der Waals surface area contributed by atoms with Crippen LogP contribution in [0.4, 0.5) is 0 Å². The zero-order valence-corrected chi connectivity index (χ0v) is 11.2. The predicted octanol–water partition coefficient (Wildman–Crippen LogP) is 1.17. The van der Waals surface area contributed by atoms with Gasteiger partial charge in [-0.15, -0.1) is 0 Å². The van der Waals surface area contributed by atoms with Gasteiger partial charge in [-0.05, 0) is 43.0 Å². The van der Waals surface area contributed by atoms with Crippen molar-refractivity contribution >= 4 is 5.91 Å². The Balaban J connectivity index is 1.78. The number of likely N-dealkylation sites (N-methyl/N-ethyl adjacent to an activating group) is 1. The zero-order valence-electron chi connectivity index (χ0n) is 11.2. The standard InChI is InChI=1S/C14H18N2O3/c1-9-5-11-12(19-8-18-11)6-10(9)7-16(2)13(17)14(15)3-4-14/h5-6H,3-4,7-8,15H2,1-2H3. The van der Waals surface area contributed by atoms with Gasteiger partial charge in [-0.1, -0.05) is 0 Å². The molecule has 0 spiro atoms. The number of fused-ring (bicyclic) bond motifs is 1. The van der Waals surface area contributed by atoms with E-state index in [2.05, 4.69) is 0 Å². The summed E-state index contributed by atoms with van der Waals surface area (Å²) in [6.45, 7) is 2.81. The first kappa shape index (κ1) is 12.3. The van der Waals surface area contributed by atoms with Gasteiger partial charge in [-0.3, -0.25) is 4.79 Å². The Morgan fingerprint density at radius 3 is 2.63 bits per heavy atom. The van der Waals surface area contributed by atoms with Gasteiger partial charge in [0, 0.05) is 13.6 Å². The summed E-state index contributed by atoms with van der Waals surface area (Å²) in [7, 11) is 1.79. The Bertz CT molecular complexity index is 538. The SMILES string of the molecule is Cc1cc2c(cc1CN(C)C(=O)C1(N)CC1)OCO2. The highest BCUT2D eigenvalue weighted by Gasteiger charge is 2.47. The molecule has 5 nitrogen and oxygen atoms in total. The van der Waals surface area contributed by atoms with Gasteiger partial charge < -0.3 is 20.1 Å². The van der Waals surface area contributed by atoms with Crippen LogP contribution in [-0.4, -0.2) is 30.2 Å². The average Bonchev–Trinajstić information content (AvgIpc) is 2.96. The lowest BCUT2D eigenvalue weighted by molar-refractivity contribution is -0.132. The van der Waals surface area contributed by atoms with Gasteiger partial charge in [-0.2, -0.15) is 0 Å². The van der Waals surface area contributed by atoms with Gasteiger partial charge in [0.2, 0.25) is 12.7 Å². The molecule has 1 aromatic carbocycles. The molecule has 0 unspecified atom stereocenters. The van der Waals surface area contributed by atoms with Crippen molar-refractivity contribution in [2.24, 2.45) is 5.73 Å². The minimum Gasteiger partial charge on any atom is -0.454 e. The molecule has 0 atom stereocenters. The molecule has 5 heteroatoms. The lowest BCUT2D eigenvalue weighted by Crippen LogP contribution is -2.43. The Morgan fingerprint density at radius 2 is 2.00 bits per heavy atom. The maximum atomic E-state index is 12.1. The molecule has 0 saturated heterocycles. The monoisotopic (exact) mass is 262 g/mol. The third-order valence-electron chi connectivity index (χ3n) is 3.80. The summed E-state index contributed by atoms with van der Waals surface area (Å²) in [5.74, 6) is 1.53. The predicted molar refractivity (Wildman–Crippen MR) is 69.9 cm³/mol. The summed E-state index contributed by atoms with van der Waals surface area (Å²) in [4.78, 5) is 13.8. The summed E-state index contributed by atoms with van der Waals surface area (Å²) in [6.07, 6.45) is 1.58. The van der Waals surface area contributed by atoms with Gasteiger partial charge in [-0.25, -0.2) is 0 Å². The highest BCUT2D eigenvalue weighted by Crippen LogP contribution is 2.36. The lowest BCUT2D eigenvalue weighted by Gasteiger charge is -2.22. The molecular formula is C14H18N2O3. The summed E-state index contributed by atoms with van der Waals surface area (Å²) in [6, 6.07) is 3.89. The van der Waals surface area contributed by atoms with Crippen LogP contribution in [0.5, 0.6) is 11.5 Å². The van der Waals surface area contributed by atoms with Gasteiger partial charge in [0.25, 0.3) is 0 Å². The number of rotatable bonds is 3. The van der Waals surface area contributed by atoms with E-state index in [-0.39, 0.29) is 12.7 Å². The third kappa shape index (κ3) is 2.14.